The lowest BCUT2D eigenvalue weighted by atomic mass is 9.62. The Kier molecular flexibility index (Phi) is 3.63. The molecule has 1 saturated carbocycles. The molecule has 1 aliphatic carbocycles. The van der Waals surface area contributed by atoms with Gasteiger partial charge in [-0.15, -0.1) is 0 Å². The van der Waals surface area contributed by atoms with Gasteiger partial charge in [0.05, 0.1) is 0 Å². The Morgan fingerprint density at radius 2 is 1.71 bits per heavy atom. The normalized spacial score (nSPS) is 34.9. The van der Waals surface area contributed by atoms with Crippen LogP contribution in [0.1, 0.15) is 53.9 Å². The van der Waals surface area contributed by atoms with Gasteiger partial charge < -0.3 is 5.73 Å². The third-order valence-corrected chi connectivity index (χ3v) is 3.91. The zero-order chi connectivity index (χ0) is 10.9. The van der Waals surface area contributed by atoms with Crippen molar-refractivity contribution in [2.75, 3.05) is 0 Å². The maximum absolute atomic E-state index is 6.07. The molecule has 1 nitrogen and oxygen atoms in total. The summed E-state index contributed by atoms with van der Waals surface area (Å²) in [6.45, 7) is 11.8. The lowest BCUT2D eigenvalue weighted by Gasteiger charge is -2.44. The third kappa shape index (κ3) is 2.73. The van der Waals surface area contributed by atoms with Crippen LogP contribution in [0.4, 0.5) is 0 Å². The predicted molar refractivity (Wildman–Crippen MR) is 63.1 cm³/mol. The summed E-state index contributed by atoms with van der Waals surface area (Å²) in [7, 11) is 0. The van der Waals surface area contributed by atoms with E-state index in [1.807, 2.05) is 0 Å². The maximum atomic E-state index is 6.07. The number of hydrogen-bond acceptors (Lipinski definition) is 1. The Bertz CT molecular complexity index is 178. The molecule has 3 unspecified atom stereocenters. The molecule has 0 amide bonds. The van der Waals surface area contributed by atoms with Gasteiger partial charge in [0, 0.05) is 6.04 Å². The van der Waals surface area contributed by atoms with Crippen LogP contribution in [-0.2, 0) is 0 Å². The second kappa shape index (κ2) is 4.22. The molecule has 0 aromatic rings. The van der Waals surface area contributed by atoms with Crippen molar-refractivity contribution in [3.63, 3.8) is 0 Å². The fraction of sp³-hybridized carbons (Fsp3) is 1.00. The summed E-state index contributed by atoms with van der Waals surface area (Å²) in [6, 6.07) is 0.459. The monoisotopic (exact) mass is 197 g/mol. The number of hydrogen-bond donors (Lipinski definition) is 1. The quantitative estimate of drug-likeness (QED) is 0.684. The molecule has 0 spiro atoms. The second-order valence-corrected chi connectivity index (χ2v) is 6.45. The molecule has 2 N–H and O–H groups in total. The van der Waals surface area contributed by atoms with Crippen LogP contribution in [0.25, 0.3) is 0 Å². The average Bonchev–Trinajstić information content (AvgIpc) is 2.01. The molecule has 0 heterocycles. The van der Waals surface area contributed by atoms with Crippen LogP contribution in [0, 0.1) is 23.2 Å². The first-order chi connectivity index (χ1) is 6.32. The van der Waals surface area contributed by atoms with Gasteiger partial charge in [-0.1, -0.05) is 34.6 Å². The molecular weight excluding hydrogens is 170 g/mol. The van der Waals surface area contributed by atoms with Gasteiger partial charge in [0.25, 0.3) is 0 Å². The molecule has 14 heavy (non-hydrogen) atoms. The van der Waals surface area contributed by atoms with Crippen LogP contribution in [0.3, 0.4) is 0 Å². The maximum Gasteiger partial charge on any atom is 0.00417 e. The van der Waals surface area contributed by atoms with Crippen molar-refractivity contribution < 1.29 is 0 Å². The minimum absolute atomic E-state index is 0.453. The minimum atomic E-state index is 0.453. The van der Waals surface area contributed by atoms with Crippen LogP contribution < -0.4 is 5.73 Å². The van der Waals surface area contributed by atoms with E-state index in [-0.39, 0.29) is 0 Å². The second-order valence-electron chi connectivity index (χ2n) is 6.45. The molecule has 0 saturated heterocycles. The standard InChI is InChI=1S/C13H27N/c1-9(2)11-8-10(14)6-7-12(11)13(3,4)5/h9-12H,6-8,14H2,1-5H3. The molecule has 3 atom stereocenters. The van der Waals surface area contributed by atoms with Gasteiger partial charge in [-0.2, -0.15) is 0 Å². The van der Waals surface area contributed by atoms with Crippen molar-refractivity contribution in [2.24, 2.45) is 28.9 Å². The molecule has 0 aromatic heterocycles. The summed E-state index contributed by atoms with van der Waals surface area (Å²) >= 11 is 0. The highest BCUT2D eigenvalue weighted by molar-refractivity contribution is 4.89. The fourth-order valence-electron chi connectivity index (χ4n) is 3.05. The van der Waals surface area contributed by atoms with Crippen LogP contribution >= 0.6 is 0 Å². The number of nitrogens with two attached hydrogens (primary N) is 1. The van der Waals surface area contributed by atoms with E-state index in [9.17, 15) is 0 Å². The molecule has 1 rings (SSSR count). The molecule has 0 aliphatic heterocycles. The fourth-order valence-corrected chi connectivity index (χ4v) is 3.05. The largest absolute Gasteiger partial charge is 0.328 e. The Balaban J connectivity index is 2.73. The summed E-state index contributed by atoms with van der Waals surface area (Å²) < 4.78 is 0. The Morgan fingerprint density at radius 1 is 1.14 bits per heavy atom. The van der Waals surface area contributed by atoms with Crippen LogP contribution in [0.5, 0.6) is 0 Å². The minimum Gasteiger partial charge on any atom is -0.328 e. The van der Waals surface area contributed by atoms with E-state index in [2.05, 4.69) is 34.6 Å². The highest BCUT2D eigenvalue weighted by Gasteiger charge is 2.37. The summed E-state index contributed by atoms with van der Waals surface area (Å²) in [5.41, 5.74) is 6.52. The molecule has 0 radical (unpaired) electrons. The van der Waals surface area contributed by atoms with Crippen molar-refractivity contribution in [3.05, 3.63) is 0 Å². The summed E-state index contributed by atoms with van der Waals surface area (Å²) in [4.78, 5) is 0. The van der Waals surface area contributed by atoms with Crippen molar-refractivity contribution in [1.82, 2.24) is 0 Å². The molecule has 1 fully saturated rings. The van der Waals surface area contributed by atoms with Crippen molar-refractivity contribution in [3.8, 4) is 0 Å². The lowest BCUT2D eigenvalue weighted by molar-refractivity contribution is 0.0684. The van der Waals surface area contributed by atoms with Gasteiger partial charge in [0.15, 0.2) is 0 Å². The zero-order valence-electron chi connectivity index (χ0n) is 10.5. The topological polar surface area (TPSA) is 26.0 Å². The first kappa shape index (κ1) is 12.0. The van der Waals surface area contributed by atoms with Crippen molar-refractivity contribution in [2.45, 2.75) is 59.9 Å². The van der Waals surface area contributed by atoms with Crippen molar-refractivity contribution >= 4 is 0 Å². The highest BCUT2D eigenvalue weighted by Crippen LogP contribution is 2.44. The molecule has 84 valence electrons. The van der Waals surface area contributed by atoms with E-state index in [1.54, 1.807) is 0 Å². The molecule has 1 aliphatic rings. The first-order valence-corrected chi connectivity index (χ1v) is 6.08. The highest BCUT2D eigenvalue weighted by atomic mass is 14.7. The predicted octanol–water partition coefficient (Wildman–Crippen LogP) is 3.43. The number of rotatable bonds is 1. The average molecular weight is 197 g/mol. The summed E-state index contributed by atoms with van der Waals surface area (Å²) in [6.07, 6.45) is 3.79. The van der Waals surface area contributed by atoms with E-state index in [4.69, 9.17) is 5.73 Å². The van der Waals surface area contributed by atoms with Crippen LogP contribution in [0.2, 0.25) is 0 Å². The molecule has 0 aromatic carbocycles. The van der Waals surface area contributed by atoms with E-state index < -0.39 is 0 Å². The van der Waals surface area contributed by atoms with Gasteiger partial charge in [0.2, 0.25) is 0 Å². The molecule has 1 heteroatoms. The third-order valence-electron chi connectivity index (χ3n) is 3.91. The Morgan fingerprint density at radius 3 is 2.14 bits per heavy atom. The Labute approximate surface area is 89.5 Å². The van der Waals surface area contributed by atoms with Gasteiger partial charge in [0.1, 0.15) is 0 Å². The Hall–Kier alpha value is -0.0400. The van der Waals surface area contributed by atoms with E-state index in [0.717, 1.165) is 17.8 Å². The lowest BCUT2D eigenvalue weighted by Crippen LogP contribution is -2.40. The molecule has 0 bridgehead atoms. The first-order valence-electron chi connectivity index (χ1n) is 6.08. The van der Waals surface area contributed by atoms with Crippen LogP contribution in [-0.4, -0.2) is 6.04 Å². The SMILES string of the molecule is CC(C)C1CC(N)CCC1C(C)(C)C. The van der Waals surface area contributed by atoms with Gasteiger partial charge in [-0.25, -0.2) is 0 Å². The van der Waals surface area contributed by atoms with E-state index in [1.165, 1.54) is 19.3 Å². The van der Waals surface area contributed by atoms with E-state index in [0.29, 0.717) is 11.5 Å². The van der Waals surface area contributed by atoms with Gasteiger partial charge >= 0.3 is 0 Å². The zero-order valence-corrected chi connectivity index (χ0v) is 10.5. The van der Waals surface area contributed by atoms with Gasteiger partial charge in [-0.05, 0) is 42.4 Å². The van der Waals surface area contributed by atoms with E-state index >= 15 is 0 Å². The van der Waals surface area contributed by atoms with Crippen LogP contribution in [0.15, 0.2) is 0 Å². The van der Waals surface area contributed by atoms with Gasteiger partial charge in [-0.3, -0.25) is 0 Å². The molecular formula is C13H27N. The summed E-state index contributed by atoms with van der Waals surface area (Å²) in [5, 5.41) is 0. The smallest absolute Gasteiger partial charge is 0.00417 e. The van der Waals surface area contributed by atoms with Crippen molar-refractivity contribution in [1.29, 1.82) is 0 Å². The summed E-state index contributed by atoms with van der Waals surface area (Å²) in [5.74, 6) is 2.48.